The second-order valence-electron chi connectivity index (χ2n) is 5.95. The fourth-order valence-electron chi connectivity index (χ4n) is 2.63. The van der Waals surface area contributed by atoms with Gasteiger partial charge in [0.1, 0.15) is 5.82 Å². The summed E-state index contributed by atoms with van der Waals surface area (Å²) < 4.78 is 44.8. The molecule has 7 nitrogen and oxygen atoms in total. The predicted octanol–water partition coefficient (Wildman–Crippen LogP) is 1.90. The topological polar surface area (TPSA) is 87.7 Å². The molecule has 1 heterocycles. The van der Waals surface area contributed by atoms with Gasteiger partial charge in [-0.3, -0.25) is 4.79 Å². The molecule has 0 radical (unpaired) electrons. The van der Waals surface area contributed by atoms with E-state index in [4.69, 9.17) is 4.74 Å². The van der Waals surface area contributed by atoms with Crippen LogP contribution in [0.15, 0.2) is 53.4 Å². The molecular formula is C18H20FN3O4S. The molecule has 0 bridgehead atoms. The fourth-order valence-corrected chi connectivity index (χ4v) is 4.08. The molecule has 144 valence electrons. The van der Waals surface area contributed by atoms with Crippen molar-refractivity contribution in [1.82, 2.24) is 4.31 Å². The van der Waals surface area contributed by atoms with Crippen molar-refractivity contribution in [3.8, 4) is 0 Å². The maximum atomic E-state index is 12.9. The molecule has 2 aromatic carbocycles. The van der Waals surface area contributed by atoms with Crippen molar-refractivity contribution in [3.63, 3.8) is 0 Å². The van der Waals surface area contributed by atoms with Crippen LogP contribution in [-0.2, 0) is 19.6 Å². The van der Waals surface area contributed by atoms with E-state index in [1.54, 1.807) is 12.1 Å². The lowest BCUT2D eigenvalue weighted by molar-refractivity contribution is -0.114. The first-order valence-electron chi connectivity index (χ1n) is 8.42. The Morgan fingerprint density at radius 1 is 1.07 bits per heavy atom. The van der Waals surface area contributed by atoms with Crippen LogP contribution in [0.25, 0.3) is 0 Å². The molecule has 0 atom stereocenters. The lowest BCUT2D eigenvalue weighted by Gasteiger charge is -2.26. The lowest BCUT2D eigenvalue weighted by atomic mass is 10.3. The number of hydrogen-bond donors (Lipinski definition) is 2. The summed E-state index contributed by atoms with van der Waals surface area (Å²) in [5.41, 5.74) is 0.991. The zero-order chi connectivity index (χ0) is 19.3. The number of morpholine rings is 1. The van der Waals surface area contributed by atoms with Gasteiger partial charge in [0, 0.05) is 24.5 Å². The highest BCUT2D eigenvalue weighted by atomic mass is 32.2. The second-order valence-corrected chi connectivity index (χ2v) is 7.89. The van der Waals surface area contributed by atoms with Gasteiger partial charge in [-0.15, -0.1) is 0 Å². The largest absolute Gasteiger partial charge is 0.379 e. The summed E-state index contributed by atoms with van der Waals surface area (Å²) in [5, 5.41) is 5.53. The number of nitrogens with zero attached hydrogens (tertiary/aromatic N) is 1. The fraction of sp³-hybridized carbons (Fsp3) is 0.278. The van der Waals surface area contributed by atoms with E-state index in [0.29, 0.717) is 37.7 Å². The molecule has 3 rings (SSSR count). The summed E-state index contributed by atoms with van der Waals surface area (Å²) in [5.74, 6) is -0.705. The van der Waals surface area contributed by atoms with Gasteiger partial charge in [-0.2, -0.15) is 4.31 Å². The first kappa shape index (κ1) is 19.3. The molecule has 27 heavy (non-hydrogen) atoms. The lowest BCUT2D eigenvalue weighted by Crippen LogP contribution is -2.40. The summed E-state index contributed by atoms with van der Waals surface area (Å²) >= 11 is 0. The SMILES string of the molecule is O=C(CNc1ccc(F)cc1)Nc1cccc(S(=O)(=O)N2CCOCC2)c1. The molecule has 1 aliphatic heterocycles. The van der Waals surface area contributed by atoms with Gasteiger partial charge in [0.25, 0.3) is 0 Å². The van der Waals surface area contributed by atoms with Crippen molar-refractivity contribution >= 4 is 27.3 Å². The van der Waals surface area contributed by atoms with Crippen LogP contribution in [0.5, 0.6) is 0 Å². The van der Waals surface area contributed by atoms with Crippen LogP contribution in [0.3, 0.4) is 0 Å². The highest BCUT2D eigenvalue weighted by Crippen LogP contribution is 2.20. The smallest absolute Gasteiger partial charge is 0.243 e. The van der Waals surface area contributed by atoms with E-state index in [-0.39, 0.29) is 23.2 Å². The third kappa shape index (κ3) is 5.03. The first-order valence-corrected chi connectivity index (χ1v) is 9.86. The van der Waals surface area contributed by atoms with Crippen LogP contribution in [0.4, 0.5) is 15.8 Å². The number of amides is 1. The van der Waals surface area contributed by atoms with E-state index < -0.39 is 10.0 Å². The third-order valence-corrected chi connectivity index (χ3v) is 5.92. The van der Waals surface area contributed by atoms with Gasteiger partial charge in [0.15, 0.2) is 0 Å². The Hall–Kier alpha value is -2.49. The maximum absolute atomic E-state index is 12.9. The molecular weight excluding hydrogens is 373 g/mol. The Morgan fingerprint density at radius 2 is 1.78 bits per heavy atom. The molecule has 1 amide bonds. The number of sulfonamides is 1. The highest BCUT2D eigenvalue weighted by Gasteiger charge is 2.26. The molecule has 1 fully saturated rings. The molecule has 0 aliphatic carbocycles. The minimum Gasteiger partial charge on any atom is -0.379 e. The average Bonchev–Trinajstić information content (AvgIpc) is 2.68. The third-order valence-electron chi connectivity index (χ3n) is 4.02. The van der Waals surface area contributed by atoms with Gasteiger partial charge in [-0.25, -0.2) is 12.8 Å². The molecule has 1 aliphatic rings. The van der Waals surface area contributed by atoms with Crippen LogP contribution >= 0.6 is 0 Å². The number of anilines is 2. The summed E-state index contributed by atoms with van der Waals surface area (Å²) in [6.45, 7) is 1.31. The van der Waals surface area contributed by atoms with Crippen LogP contribution in [0.2, 0.25) is 0 Å². The monoisotopic (exact) mass is 393 g/mol. The number of carbonyl (C=O) groups excluding carboxylic acids is 1. The number of carbonyl (C=O) groups is 1. The first-order chi connectivity index (χ1) is 12.9. The molecule has 2 N–H and O–H groups in total. The van der Waals surface area contributed by atoms with E-state index in [2.05, 4.69) is 10.6 Å². The zero-order valence-electron chi connectivity index (χ0n) is 14.5. The maximum Gasteiger partial charge on any atom is 0.243 e. The Kier molecular flexibility index (Phi) is 6.04. The normalized spacial score (nSPS) is 15.3. The van der Waals surface area contributed by atoms with Crippen molar-refractivity contribution in [2.24, 2.45) is 0 Å². The molecule has 0 aromatic heterocycles. The number of halogens is 1. The summed E-state index contributed by atoms with van der Waals surface area (Å²) in [6, 6.07) is 11.8. The van der Waals surface area contributed by atoms with Gasteiger partial charge in [-0.05, 0) is 42.5 Å². The van der Waals surface area contributed by atoms with E-state index in [9.17, 15) is 17.6 Å². The number of nitrogens with one attached hydrogen (secondary N) is 2. The minimum absolute atomic E-state index is 0.0356. The molecule has 0 unspecified atom stereocenters. The van der Waals surface area contributed by atoms with E-state index >= 15 is 0 Å². The number of benzene rings is 2. The standard InChI is InChI=1S/C18H20FN3O4S/c19-14-4-6-15(7-5-14)20-13-18(23)21-16-2-1-3-17(12-16)27(24,25)22-8-10-26-11-9-22/h1-7,12,20H,8-11,13H2,(H,21,23). The van der Waals surface area contributed by atoms with Gasteiger partial charge in [0.2, 0.25) is 15.9 Å². The van der Waals surface area contributed by atoms with Crippen molar-refractivity contribution in [1.29, 1.82) is 0 Å². The molecule has 9 heteroatoms. The van der Waals surface area contributed by atoms with Crippen molar-refractivity contribution in [3.05, 3.63) is 54.3 Å². The summed E-state index contributed by atoms with van der Waals surface area (Å²) in [7, 11) is -3.63. The Labute approximate surface area is 157 Å². The van der Waals surface area contributed by atoms with E-state index in [0.717, 1.165) is 0 Å². The number of hydrogen-bond acceptors (Lipinski definition) is 5. The van der Waals surface area contributed by atoms with Crippen LogP contribution in [0, 0.1) is 5.82 Å². The number of rotatable bonds is 6. The highest BCUT2D eigenvalue weighted by molar-refractivity contribution is 7.89. The van der Waals surface area contributed by atoms with Gasteiger partial charge >= 0.3 is 0 Å². The van der Waals surface area contributed by atoms with Crippen LogP contribution in [0.1, 0.15) is 0 Å². The average molecular weight is 393 g/mol. The molecule has 2 aromatic rings. The Bertz CT molecular complexity index is 897. The van der Waals surface area contributed by atoms with Crippen LogP contribution < -0.4 is 10.6 Å². The molecule has 0 spiro atoms. The minimum atomic E-state index is -3.63. The number of ether oxygens (including phenoxy) is 1. The molecule has 0 saturated carbocycles. The summed E-state index contributed by atoms with van der Waals surface area (Å²) in [6.07, 6.45) is 0. The predicted molar refractivity (Wildman–Crippen MR) is 99.5 cm³/mol. The molecule has 1 saturated heterocycles. The van der Waals surface area contributed by atoms with Crippen molar-refractivity contribution in [2.45, 2.75) is 4.90 Å². The Balaban J connectivity index is 1.63. The van der Waals surface area contributed by atoms with Crippen molar-refractivity contribution < 1.29 is 22.3 Å². The van der Waals surface area contributed by atoms with E-state index in [1.165, 1.54) is 40.7 Å². The second kappa shape index (κ2) is 8.47. The zero-order valence-corrected chi connectivity index (χ0v) is 15.3. The van der Waals surface area contributed by atoms with Crippen molar-refractivity contribution in [2.75, 3.05) is 43.5 Å². The van der Waals surface area contributed by atoms with Gasteiger partial charge < -0.3 is 15.4 Å². The van der Waals surface area contributed by atoms with Crippen LogP contribution in [-0.4, -0.2) is 51.5 Å². The van der Waals surface area contributed by atoms with E-state index in [1.807, 2.05) is 0 Å². The Morgan fingerprint density at radius 3 is 2.48 bits per heavy atom. The summed E-state index contributed by atoms with van der Waals surface area (Å²) in [4.78, 5) is 12.2. The quantitative estimate of drug-likeness (QED) is 0.783. The van der Waals surface area contributed by atoms with Gasteiger partial charge in [-0.1, -0.05) is 6.07 Å². The van der Waals surface area contributed by atoms with Gasteiger partial charge in [0.05, 0.1) is 24.7 Å².